The van der Waals surface area contributed by atoms with E-state index >= 15 is 0 Å². The van der Waals surface area contributed by atoms with Crippen LogP contribution in [0.25, 0.3) is 0 Å². The summed E-state index contributed by atoms with van der Waals surface area (Å²) < 4.78 is 0. The number of thiol groups is 1. The van der Waals surface area contributed by atoms with Gasteiger partial charge >= 0.3 is 0 Å². The third kappa shape index (κ3) is 2.13. The quantitative estimate of drug-likeness (QED) is 0.379. The zero-order valence-electron chi connectivity index (χ0n) is 2.85. The molecule has 32 valence electrons. The first-order valence-corrected chi connectivity index (χ1v) is 2.10. The molecule has 0 unspecified atom stereocenters. The van der Waals surface area contributed by atoms with Gasteiger partial charge < -0.3 is 0 Å². The monoisotopic (exact) mass is 119 g/mol. The van der Waals surface area contributed by atoms with E-state index in [9.17, 15) is 0 Å². The van der Waals surface area contributed by atoms with Crippen molar-refractivity contribution in [1.82, 2.24) is 0 Å². The Balaban J connectivity index is 3.61. The minimum absolute atomic E-state index is 0.110. The molecule has 6 heavy (non-hydrogen) atoms. The Morgan fingerprint density at radius 1 is 2.00 bits per heavy atom. The third-order valence-electron chi connectivity index (χ3n) is 0.220. The van der Waals surface area contributed by atoms with E-state index < -0.39 is 0 Å². The molecule has 0 aliphatic carbocycles. The number of hydrogen-bond acceptors (Lipinski definition) is 2. The predicted molar refractivity (Wildman–Crippen MR) is 28.5 cm³/mol. The largest absolute Gasteiger partial charge is 0.191 e. The van der Waals surface area contributed by atoms with Gasteiger partial charge in [-0.3, -0.25) is 0 Å². The summed E-state index contributed by atoms with van der Waals surface area (Å²) in [6.07, 6.45) is 0. The lowest BCUT2D eigenvalue weighted by Crippen LogP contribution is -1.50. The Bertz CT molecular complexity index is 102. The lowest BCUT2D eigenvalue weighted by molar-refractivity contribution is 1.53. The zero-order valence-corrected chi connectivity index (χ0v) is 4.50. The highest BCUT2D eigenvalue weighted by Gasteiger charge is 1.76. The van der Waals surface area contributed by atoms with Gasteiger partial charge in [-0.1, -0.05) is 11.6 Å². The molecule has 0 rings (SSSR count). The summed E-state index contributed by atoms with van der Waals surface area (Å²) in [5, 5.41) is 9.18. The molecule has 0 heterocycles. The molecule has 0 aliphatic heterocycles. The van der Waals surface area contributed by atoms with Crippen LogP contribution in [0.15, 0.2) is 10.4 Å². The van der Waals surface area contributed by atoms with Gasteiger partial charge in [0.2, 0.25) is 0 Å². The summed E-state index contributed by atoms with van der Waals surface area (Å²) in [4.78, 5) is 0. The molecule has 0 bridgehead atoms. The predicted octanol–water partition coefficient (Wildman–Crippen LogP) is 1.52. The van der Waals surface area contributed by atoms with Gasteiger partial charge in [-0.25, -0.2) is 0 Å². The number of nitriles is 1. The Kier molecular flexibility index (Phi) is 3.01. The van der Waals surface area contributed by atoms with Gasteiger partial charge in [-0.15, -0.1) is 12.6 Å². The maximum atomic E-state index is 7.84. The van der Waals surface area contributed by atoms with Gasteiger partial charge in [0.1, 0.15) is 11.1 Å². The van der Waals surface area contributed by atoms with E-state index in [1.54, 1.807) is 6.07 Å². The van der Waals surface area contributed by atoms with Crippen molar-refractivity contribution in [3.05, 3.63) is 10.4 Å². The highest BCUT2D eigenvalue weighted by atomic mass is 35.5. The Morgan fingerprint density at radius 3 is 2.50 bits per heavy atom. The van der Waals surface area contributed by atoms with Crippen LogP contribution in [-0.4, -0.2) is 0 Å². The molecule has 0 aromatic rings. The summed E-state index contributed by atoms with van der Waals surface area (Å²) >= 11 is 8.65. The normalized spacial score (nSPS) is 10.5. The second kappa shape index (κ2) is 3.08. The van der Waals surface area contributed by atoms with E-state index in [1.165, 1.54) is 5.41 Å². The lowest BCUT2D eigenvalue weighted by Gasteiger charge is -1.66. The lowest BCUT2D eigenvalue weighted by atomic mass is 10.7. The molecule has 0 aromatic heterocycles. The Hall–Kier alpha value is -0.130. The molecule has 0 saturated heterocycles. The standard InChI is InChI=1S/C3H2ClNS/c4-3(1-5)2-6/h2,6H. The van der Waals surface area contributed by atoms with Crippen molar-refractivity contribution in [2.24, 2.45) is 0 Å². The van der Waals surface area contributed by atoms with E-state index in [4.69, 9.17) is 16.9 Å². The van der Waals surface area contributed by atoms with Crippen LogP contribution >= 0.6 is 24.2 Å². The molecule has 1 nitrogen and oxygen atoms in total. The van der Waals surface area contributed by atoms with Gasteiger partial charge in [-0.2, -0.15) is 5.26 Å². The van der Waals surface area contributed by atoms with E-state index in [0.717, 1.165) is 0 Å². The number of hydrogen-bond donors (Lipinski definition) is 1. The zero-order chi connectivity index (χ0) is 4.99. The van der Waals surface area contributed by atoms with Crippen LogP contribution in [0.2, 0.25) is 0 Å². The molecule has 0 spiro atoms. The summed E-state index contributed by atoms with van der Waals surface area (Å²) in [7, 11) is 0. The minimum Gasteiger partial charge on any atom is -0.191 e. The highest BCUT2D eigenvalue weighted by Crippen LogP contribution is 1.97. The Morgan fingerprint density at radius 2 is 2.50 bits per heavy atom. The van der Waals surface area contributed by atoms with Crippen molar-refractivity contribution in [2.75, 3.05) is 0 Å². The molecule has 0 fully saturated rings. The number of allylic oxidation sites excluding steroid dienone is 1. The number of nitrogens with zero attached hydrogens (tertiary/aromatic N) is 1. The summed E-state index contributed by atoms with van der Waals surface area (Å²) in [6.45, 7) is 0. The first-order valence-electron chi connectivity index (χ1n) is 1.21. The molecule has 0 N–H and O–H groups in total. The van der Waals surface area contributed by atoms with Crippen LogP contribution in [0.3, 0.4) is 0 Å². The van der Waals surface area contributed by atoms with Crippen LogP contribution < -0.4 is 0 Å². The van der Waals surface area contributed by atoms with Crippen molar-refractivity contribution >= 4 is 24.2 Å². The van der Waals surface area contributed by atoms with Crippen LogP contribution in [0.5, 0.6) is 0 Å². The second-order valence-corrected chi connectivity index (χ2v) is 1.25. The average Bonchev–Trinajstić information content (AvgIpc) is 1.65. The van der Waals surface area contributed by atoms with Crippen LogP contribution in [0, 0.1) is 11.3 Å². The first-order chi connectivity index (χ1) is 2.81. The van der Waals surface area contributed by atoms with Gasteiger partial charge in [0.05, 0.1) is 0 Å². The molecule has 3 heteroatoms. The minimum atomic E-state index is 0.110. The molecule has 0 radical (unpaired) electrons. The van der Waals surface area contributed by atoms with Crippen molar-refractivity contribution in [1.29, 1.82) is 5.26 Å². The topological polar surface area (TPSA) is 23.8 Å². The van der Waals surface area contributed by atoms with Crippen molar-refractivity contribution in [3.63, 3.8) is 0 Å². The van der Waals surface area contributed by atoms with Crippen LogP contribution in [0.1, 0.15) is 0 Å². The Labute approximate surface area is 46.6 Å². The van der Waals surface area contributed by atoms with Gasteiger partial charge in [0.15, 0.2) is 0 Å². The average molecular weight is 120 g/mol. The molecule has 0 saturated carbocycles. The second-order valence-electron chi connectivity index (χ2n) is 0.589. The third-order valence-corrected chi connectivity index (χ3v) is 0.824. The molecule has 0 amide bonds. The van der Waals surface area contributed by atoms with Crippen LogP contribution in [-0.2, 0) is 0 Å². The van der Waals surface area contributed by atoms with Gasteiger partial charge in [-0.05, 0) is 5.41 Å². The number of rotatable bonds is 0. The highest BCUT2D eigenvalue weighted by molar-refractivity contribution is 7.83. The maximum absolute atomic E-state index is 7.84. The molecule has 0 aromatic carbocycles. The fraction of sp³-hybridized carbons (Fsp3) is 0. The van der Waals surface area contributed by atoms with E-state index in [-0.39, 0.29) is 5.03 Å². The molecule has 0 atom stereocenters. The summed E-state index contributed by atoms with van der Waals surface area (Å²) in [6, 6.07) is 1.66. The fourth-order valence-corrected chi connectivity index (χ4v) is 0.0866. The number of halogens is 1. The first kappa shape index (κ1) is 5.87. The van der Waals surface area contributed by atoms with Crippen LogP contribution in [0.4, 0.5) is 0 Å². The smallest absolute Gasteiger partial charge is 0.124 e. The van der Waals surface area contributed by atoms with E-state index in [2.05, 4.69) is 12.6 Å². The van der Waals surface area contributed by atoms with Crippen molar-refractivity contribution in [2.45, 2.75) is 0 Å². The van der Waals surface area contributed by atoms with E-state index in [0.29, 0.717) is 0 Å². The van der Waals surface area contributed by atoms with Gasteiger partial charge in [0, 0.05) is 0 Å². The SMILES string of the molecule is N#CC(Cl)=CS. The fourth-order valence-electron chi connectivity index (χ4n) is 0.0289. The van der Waals surface area contributed by atoms with E-state index in [1.807, 2.05) is 0 Å². The molecule has 0 aliphatic rings. The van der Waals surface area contributed by atoms with Crippen molar-refractivity contribution in [3.8, 4) is 6.07 Å². The van der Waals surface area contributed by atoms with Crippen molar-refractivity contribution < 1.29 is 0 Å². The summed E-state index contributed by atoms with van der Waals surface area (Å²) in [5.41, 5.74) is 0. The molecular formula is C3H2ClNS. The van der Waals surface area contributed by atoms with Gasteiger partial charge in [0.25, 0.3) is 0 Å². The summed E-state index contributed by atoms with van der Waals surface area (Å²) in [5.74, 6) is 0. The maximum Gasteiger partial charge on any atom is 0.124 e. The molecular weight excluding hydrogens is 118 g/mol.